The topological polar surface area (TPSA) is 78.9 Å². The average Bonchev–Trinajstić information content (AvgIpc) is 3.38. The fourth-order valence-corrected chi connectivity index (χ4v) is 7.64. The number of esters is 3. The zero-order valence-electron chi connectivity index (χ0n) is 46.4. The molecule has 6 heteroatoms. The summed E-state index contributed by atoms with van der Waals surface area (Å²) in [6, 6.07) is 0. The fourth-order valence-electron chi connectivity index (χ4n) is 7.64. The number of allylic oxidation sites excluding steroid dienone is 22. The van der Waals surface area contributed by atoms with Crippen molar-refractivity contribution in [2.24, 2.45) is 0 Å². The molecule has 0 radical (unpaired) electrons. The van der Waals surface area contributed by atoms with E-state index >= 15 is 0 Å². The first-order chi connectivity index (χ1) is 35.5. The summed E-state index contributed by atoms with van der Waals surface area (Å²) < 4.78 is 16.8. The molecular weight excluding hydrogens is 889 g/mol. The molecule has 0 amide bonds. The number of unbranched alkanes of at least 4 members (excludes halogenated alkanes) is 18. The smallest absolute Gasteiger partial charge is 0.306 e. The van der Waals surface area contributed by atoms with Gasteiger partial charge in [-0.3, -0.25) is 14.4 Å². The van der Waals surface area contributed by atoms with Crippen LogP contribution in [0.5, 0.6) is 0 Å². The molecule has 0 aromatic rings. The minimum absolute atomic E-state index is 0.110. The highest BCUT2D eigenvalue weighted by atomic mass is 16.6. The minimum Gasteiger partial charge on any atom is -0.462 e. The maximum Gasteiger partial charge on any atom is 0.306 e. The van der Waals surface area contributed by atoms with Crippen LogP contribution in [0.15, 0.2) is 134 Å². The van der Waals surface area contributed by atoms with Crippen LogP contribution in [0.3, 0.4) is 0 Å². The molecular formula is C66H106O6. The molecule has 0 aromatic heterocycles. The van der Waals surface area contributed by atoms with Gasteiger partial charge in [-0.2, -0.15) is 0 Å². The van der Waals surface area contributed by atoms with Gasteiger partial charge in [-0.15, -0.1) is 0 Å². The lowest BCUT2D eigenvalue weighted by atomic mass is 10.1. The van der Waals surface area contributed by atoms with Crippen LogP contribution in [0.25, 0.3) is 0 Å². The summed E-state index contributed by atoms with van der Waals surface area (Å²) in [4.78, 5) is 38.2. The number of hydrogen-bond acceptors (Lipinski definition) is 6. The third-order valence-corrected chi connectivity index (χ3v) is 11.9. The minimum atomic E-state index is -0.819. The third-order valence-electron chi connectivity index (χ3n) is 11.9. The Kier molecular flexibility index (Phi) is 55.5. The molecule has 0 aliphatic rings. The summed E-state index contributed by atoms with van der Waals surface area (Å²) in [5.74, 6) is -1.01. The first-order valence-corrected chi connectivity index (χ1v) is 29.2. The van der Waals surface area contributed by atoms with E-state index in [1.807, 2.05) is 6.08 Å². The van der Waals surface area contributed by atoms with Gasteiger partial charge in [0.1, 0.15) is 13.2 Å². The molecule has 0 saturated heterocycles. The summed E-state index contributed by atoms with van der Waals surface area (Å²) in [5, 5.41) is 0. The predicted octanol–water partition coefficient (Wildman–Crippen LogP) is 19.8. The van der Waals surface area contributed by atoms with Crippen LogP contribution in [-0.2, 0) is 28.6 Å². The average molecular weight is 996 g/mol. The Morgan fingerprint density at radius 3 is 0.861 bits per heavy atom. The van der Waals surface area contributed by atoms with Crippen LogP contribution >= 0.6 is 0 Å². The van der Waals surface area contributed by atoms with Crippen LogP contribution in [-0.4, -0.2) is 37.2 Å². The van der Waals surface area contributed by atoms with Gasteiger partial charge in [0.25, 0.3) is 0 Å². The molecule has 0 heterocycles. The molecule has 0 saturated carbocycles. The standard InChI is InChI=1S/C66H106O6/c1-4-7-10-13-16-19-22-25-28-31-33-35-38-41-44-47-50-53-56-59-65(68)71-62-63(61-70-64(67)58-55-52-49-46-43-40-37-30-27-24-21-18-15-12-9-6-3)72-66(69)60-57-54-51-48-45-42-39-36-34-32-29-26-23-20-17-14-11-8-5-2/h7-12,16-21,25-30,40,43,49,52,63H,4-6,13-15,22-24,31-39,41-42,44-48,50-51,53-62H2,1-3H3/b10-7-,11-8-,12-9-,19-16-,20-17-,21-18-,28-25-,29-26-,30-27-,43-40-,52-49-. The number of carbonyl (C=O) groups is 3. The van der Waals surface area contributed by atoms with Gasteiger partial charge < -0.3 is 14.2 Å². The highest BCUT2D eigenvalue weighted by molar-refractivity contribution is 5.71. The molecule has 6 nitrogen and oxygen atoms in total. The summed E-state index contributed by atoms with van der Waals surface area (Å²) in [6.07, 6.45) is 83.1. The molecule has 0 bridgehead atoms. The van der Waals surface area contributed by atoms with Crippen molar-refractivity contribution in [2.75, 3.05) is 13.2 Å². The van der Waals surface area contributed by atoms with Gasteiger partial charge in [-0.05, 0) is 116 Å². The lowest BCUT2D eigenvalue weighted by Crippen LogP contribution is -2.30. The van der Waals surface area contributed by atoms with Gasteiger partial charge >= 0.3 is 17.9 Å². The Bertz CT molecular complexity index is 1560. The molecule has 406 valence electrons. The molecule has 72 heavy (non-hydrogen) atoms. The van der Waals surface area contributed by atoms with Gasteiger partial charge in [-0.1, -0.05) is 244 Å². The van der Waals surface area contributed by atoms with Crippen LogP contribution in [0, 0.1) is 0 Å². The van der Waals surface area contributed by atoms with Crippen molar-refractivity contribution in [3.63, 3.8) is 0 Å². The van der Waals surface area contributed by atoms with E-state index < -0.39 is 6.10 Å². The van der Waals surface area contributed by atoms with Crippen LogP contribution in [0.4, 0.5) is 0 Å². The van der Waals surface area contributed by atoms with Gasteiger partial charge in [0.2, 0.25) is 0 Å². The molecule has 0 aromatic carbocycles. The second kappa shape index (κ2) is 59.1. The van der Waals surface area contributed by atoms with Gasteiger partial charge in [0.05, 0.1) is 0 Å². The lowest BCUT2D eigenvalue weighted by Gasteiger charge is -2.18. The molecule has 1 unspecified atom stereocenters. The van der Waals surface area contributed by atoms with Crippen molar-refractivity contribution in [1.29, 1.82) is 0 Å². The summed E-state index contributed by atoms with van der Waals surface area (Å²) in [5.41, 5.74) is 0. The summed E-state index contributed by atoms with van der Waals surface area (Å²) in [6.45, 7) is 6.23. The zero-order chi connectivity index (χ0) is 52.2. The Balaban J connectivity index is 4.50. The zero-order valence-corrected chi connectivity index (χ0v) is 46.4. The van der Waals surface area contributed by atoms with Gasteiger partial charge in [0.15, 0.2) is 6.10 Å². The first-order valence-electron chi connectivity index (χ1n) is 29.2. The number of carbonyl (C=O) groups excluding carboxylic acids is 3. The number of hydrogen-bond donors (Lipinski definition) is 0. The van der Waals surface area contributed by atoms with Crippen molar-refractivity contribution < 1.29 is 28.6 Å². The lowest BCUT2D eigenvalue weighted by molar-refractivity contribution is -0.166. The van der Waals surface area contributed by atoms with E-state index in [1.165, 1.54) is 77.0 Å². The van der Waals surface area contributed by atoms with Crippen molar-refractivity contribution in [1.82, 2.24) is 0 Å². The van der Waals surface area contributed by atoms with E-state index in [2.05, 4.69) is 148 Å². The number of rotatable bonds is 51. The maximum absolute atomic E-state index is 12.9. The SMILES string of the molecule is CC/C=C\C/C=C\C/C=C\C/C=C\C/C=C\CCC(=O)OCC(COC(=O)CCCCCCCCCCC/C=C\C/C=C\C/C=C\CC)OC(=O)CCCCCCCCCCC/C=C\C/C=C\C/C=C\CC. The van der Waals surface area contributed by atoms with E-state index in [4.69, 9.17) is 14.2 Å². The third kappa shape index (κ3) is 56.5. The van der Waals surface area contributed by atoms with E-state index in [0.717, 1.165) is 122 Å². The monoisotopic (exact) mass is 995 g/mol. The van der Waals surface area contributed by atoms with E-state index in [9.17, 15) is 14.4 Å². The van der Waals surface area contributed by atoms with Gasteiger partial charge in [-0.25, -0.2) is 0 Å². The Morgan fingerprint density at radius 1 is 0.278 bits per heavy atom. The van der Waals surface area contributed by atoms with Crippen molar-refractivity contribution >= 4 is 17.9 Å². The largest absolute Gasteiger partial charge is 0.462 e. The van der Waals surface area contributed by atoms with Crippen LogP contribution in [0.1, 0.15) is 245 Å². The van der Waals surface area contributed by atoms with Crippen molar-refractivity contribution in [2.45, 2.75) is 252 Å². The van der Waals surface area contributed by atoms with Crippen molar-refractivity contribution in [3.05, 3.63) is 134 Å². The molecule has 1 atom stereocenters. The second-order valence-corrected chi connectivity index (χ2v) is 18.8. The molecule has 0 spiro atoms. The molecule has 0 N–H and O–H groups in total. The summed E-state index contributed by atoms with van der Waals surface area (Å²) >= 11 is 0. The second-order valence-electron chi connectivity index (χ2n) is 18.8. The Morgan fingerprint density at radius 2 is 0.528 bits per heavy atom. The van der Waals surface area contributed by atoms with Crippen molar-refractivity contribution in [3.8, 4) is 0 Å². The van der Waals surface area contributed by atoms with E-state index in [0.29, 0.717) is 19.3 Å². The highest BCUT2D eigenvalue weighted by Gasteiger charge is 2.19. The van der Waals surface area contributed by atoms with Crippen LogP contribution in [0.2, 0.25) is 0 Å². The van der Waals surface area contributed by atoms with E-state index in [1.54, 1.807) is 0 Å². The Labute approximate surface area is 443 Å². The van der Waals surface area contributed by atoms with Crippen LogP contribution < -0.4 is 0 Å². The Hall–Kier alpha value is -4.45. The fraction of sp³-hybridized carbons (Fsp3) is 0.621. The maximum atomic E-state index is 12.9. The quantitative estimate of drug-likeness (QED) is 0.0261. The van der Waals surface area contributed by atoms with Gasteiger partial charge in [0, 0.05) is 19.3 Å². The highest BCUT2D eigenvalue weighted by Crippen LogP contribution is 2.15. The summed E-state index contributed by atoms with van der Waals surface area (Å²) in [7, 11) is 0. The first kappa shape index (κ1) is 67.5. The molecule has 0 fully saturated rings. The molecule has 0 aliphatic heterocycles. The normalized spacial score (nSPS) is 13.1. The van der Waals surface area contributed by atoms with E-state index in [-0.39, 0.29) is 37.5 Å². The predicted molar refractivity (Wildman–Crippen MR) is 311 cm³/mol. The number of ether oxygens (including phenoxy) is 3. The molecule has 0 aliphatic carbocycles. The molecule has 0 rings (SSSR count).